The summed E-state index contributed by atoms with van der Waals surface area (Å²) in [6.45, 7) is 5.00. The summed E-state index contributed by atoms with van der Waals surface area (Å²) in [5.74, 6) is 0. The summed E-state index contributed by atoms with van der Waals surface area (Å²) in [6.07, 6.45) is -0.471. The molecule has 0 aromatic rings. The van der Waals surface area contributed by atoms with Gasteiger partial charge in [0.25, 0.3) is 0 Å². The lowest BCUT2D eigenvalue weighted by molar-refractivity contribution is 0.223. The van der Waals surface area contributed by atoms with Crippen LogP contribution in [-0.2, 0) is 22.3 Å². The minimum absolute atomic E-state index is 0.0453. The van der Waals surface area contributed by atoms with Crippen molar-refractivity contribution in [2.75, 3.05) is 6.16 Å². The maximum Gasteiger partial charge on any atom is 0.488 e. The molecule has 0 spiro atoms. The van der Waals surface area contributed by atoms with Crippen LogP contribution in [0.15, 0.2) is 12.2 Å². The van der Waals surface area contributed by atoms with Gasteiger partial charge < -0.3 is 19.6 Å². The van der Waals surface area contributed by atoms with Gasteiger partial charge in [0.2, 0.25) is 0 Å². The van der Waals surface area contributed by atoms with Crippen molar-refractivity contribution in [2.45, 2.75) is 13.3 Å². The molecule has 0 amide bonds. The van der Waals surface area contributed by atoms with E-state index in [1.807, 2.05) is 0 Å². The number of allylic oxidation sites excluding steroid dienone is 1. The van der Waals surface area contributed by atoms with E-state index < -0.39 is 29.4 Å². The molecule has 2 atom stereocenters. The highest BCUT2D eigenvalue weighted by atomic mass is 31.3. The van der Waals surface area contributed by atoms with E-state index in [0.717, 1.165) is 0 Å². The molecule has 0 saturated carbocycles. The third kappa shape index (κ3) is 9.85. The van der Waals surface area contributed by atoms with Gasteiger partial charge in [0.05, 0.1) is 6.16 Å². The van der Waals surface area contributed by atoms with E-state index in [-0.39, 0.29) is 6.42 Å². The molecule has 2 unspecified atom stereocenters. The molecule has 0 radical (unpaired) electrons. The van der Waals surface area contributed by atoms with E-state index in [1.54, 1.807) is 6.92 Å². The molecule has 4 N–H and O–H groups in total. The van der Waals surface area contributed by atoms with Crippen molar-refractivity contribution >= 4 is 23.2 Å². The highest BCUT2D eigenvalue weighted by Crippen LogP contribution is 2.66. The Morgan fingerprint density at radius 1 is 1.12 bits per heavy atom. The summed E-state index contributed by atoms with van der Waals surface area (Å²) in [5, 5.41) is 0. The van der Waals surface area contributed by atoms with Crippen molar-refractivity contribution in [3.8, 4) is 0 Å². The quantitative estimate of drug-likeness (QED) is 0.403. The number of rotatable bonds is 7. The van der Waals surface area contributed by atoms with Crippen molar-refractivity contribution in [1.82, 2.24) is 0 Å². The third-order valence-corrected chi connectivity index (χ3v) is 5.57. The SMILES string of the molecule is C=C(C)CCP(=O)(O)OP(=O)(O)OP(=O)(O)O. The molecule has 0 rings (SSSR count). The topological polar surface area (TPSA) is 151 Å². The van der Waals surface area contributed by atoms with Crippen molar-refractivity contribution in [1.29, 1.82) is 0 Å². The monoisotopic (exact) mass is 310 g/mol. The van der Waals surface area contributed by atoms with E-state index in [9.17, 15) is 13.7 Å². The van der Waals surface area contributed by atoms with Crippen LogP contribution in [0.5, 0.6) is 0 Å². The molecule has 9 nitrogen and oxygen atoms in total. The van der Waals surface area contributed by atoms with Crippen molar-refractivity contribution < 1.29 is 41.9 Å². The van der Waals surface area contributed by atoms with Crippen LogP contribution in [0, 0.1) is 0 Å². The van der Waals surface area contributed by atoms with Crippen LogP contribution in [0.1, 0.15) is 13.3 Å². The lowest BCUT2D eigenvalue weighted by Crippen LogP contribution is -1.96. The van der Waals surface area contributed by atoms with Gasteiger partial charge in [-0.2, -0.15) is 4.31 Å². The second-order valence-electron chi connectivity index (χ2n) is 3.19. The molecule has 102 valence electrons. The van der Waals surface area contributed by atoms with Gasteiger partial charge in [-0.05, 0) is 13.3 Å². The lowest BCUT2D eigenvalue weighted by atomic mass is 10.3. The van der Waals surface area contributed by atoms with Crippen LogP contribution in [0.3, 0.4) is 0 Å². The largest absolute Gasteiger partial charge is 0.488 e. The van der Waals surface area contributed by atoms with E-state index in [2.05, 4.69) is 15.2 Å². The summed E-state index contributed by atoms with van der Waals surface area (Å²) in [4.78, 5) is 34.5. The number of hydrogen-bond acceptors (Lipinski definition) is 5. The molecule has 0 heterocycles. The third-order valence-electron chi connectivity index (χ3n) is 1.26. The molecule has 0 aliphatic rings. The Bertz CT molecular complexity index is 422. The molecule has 0 aromatic heterocycles. The predicted octanol–water partition coefficient (Wildman–Crippen LogP) is 1.36. The second kappa shape index (κ2) is 5.89. The van der Waals surface area contributed by atoms with Crippen LogP contribution in [-0.4, -0.2) is 25.7 Å². The van der Waals surface area contributed by atoms with Gasteiger partial charge in [-0.3, -0.25) is 4.57 Å². The molecule has 0 fully saturated rings. The van der Waals surface area contributed by atoms with Gasteiger partial charge in [0, 0.05) is 0 Å². The first-order valence-electron chi connectivity index (χ1n) is 4.10. The number of hydrogen-bond donors (Lipinski definition) is 4. The maximum absolute atomic E-state index is 11.2. The summed E-state index contributed by atoms with van der Waals surface area (Å²) >= 11 is 0. The molecule has 12 heteroatoms. The van der Waals surface area contributed by atoms with Gasteiger partial charge in [0.15, 0.2) is 0 Å². The van der Waals surface area contributed by atoms with Crippen LogP contribution in [0.4, 0.5) is 0 Å². The summed E-state index contributed by atoms with van der Waals surface area (Å²) in [7, 11) is -15.1. The molecule has 17 heavy (non-hydrogen) atoms. The van der Waals surface area contributed by atoms with Crippen molar-refractivity contribution in [2.24, 2.45) is 0 Å². The maximum atomic E-state index is 11.2. The molecule has 0 bridgehead atoms. The summed E-state index contributed by atoms with van der Waals surface area (Å²) in [6, 6.07) is 0. The molecular formula is C5H13O9P3. The fourth-order valence-electron chi connectivity index (χ4n) is 0.684. The minimum Gasteiger partial charge on any atom is -0.324 e. The lowest BCUT2D eigenvalue weighted by Gasteiger charge is -2.16. The van der Waals surface area contributed by atoms with E-state index in [4.69, 9.17) is 19.6 Å². The molecule has 0 aliphatic heterocycles. The first kappa shape index (κ1) is 17.2. The fraction of sp³-hybridized carbons (Fsp3) is 0.600. The Morgan fingerprint density at radius 2 is 1.59 bits per heavy atom. The Kier molecular flexibility index (Phi) is 5.95. The Hall–Kier alpha value is 0.190. The van der Waals surface area contributed by atoms with Crippen LogP contribution >= 0.6 is 23.2 Å². The second-order valence-corrected chi connectivity index (χ2v) is 8.14. The van der Waals surface area contributed by atoms with Crippen LogP contribution in [0.25, 0.3) is 0 Å². The molecular weight excluding hydrogens is 297 g/mol. The van der Waals surface area contributed by atoms with Crippen molar-refractivity contribution in [3.63, 3.8) is 0 Å². The zero-order chi connectivity index (χ0) is 13.9. The van der Waals surface area contributed by atoms with Gasteiger partial charge in [-0.15, -0.1) is 6.58 Å². The normalized spacial score (nSPS) is 19.4. The predicted molar refractivity (Wildman–Crippen MR) is 58.2 cm³/mol. The van der Waals surface area contributed by atoms with Gasteiger partial charge in [-0.25, -0.2) is 13.4 Å². The van der Waals surface area contributed by atoms with Crippen LogP contribution in [0.2, 0.25) is 0 Å². The van der Waals surface area contributed by atoms with Crippen LogP contribution < -0.4 is 0 Å². The average Bonchev–Trinajstić information content (AvgIpc) is 1.93. The Labute approximate surface area is 97.5 Å². The summed E-state index contributed by atoms with van der Waals surface area (Å²) in [5.41, 5.74) is 0.534. The standard InChI is InChI=1S/C5H13O9P3/c1-5(2)3-4-15(6,7)13-17(11,12)14-16(8,9)10/h1,3-4H2,2H3,(H,6,7)(H,11,12)(H2,8,9,10). The number of phosphoric acid groups is 2. The van der Waals surface area contributed by atoms with Gasteiger partial charge >= 0.3 is 23.2 Å². The first-order chi connectivity index (χ1) is 7.33. The van der Waals surface area contributed by atoms with Gasteiger partial charge in [-0.1, -0.05) is 5.57 Å². The Balaban J connectivity index is 4.60. The average molecular weight is 310 g/mol. The Morgan fingerprint density at radius 3 is 1.94 bits per heavy atom. The first-order valence-corrected chi connectivity index (χ1v) is 8.89. The minimum atomic E-state index is -5.30. The summed E-state index contributed by atoms with van der Waals surface area (Å²) < 4.78 is 39.7. The zero-order valence-corrected chi connectivity index (χ0v) is 11.5. The zero-order valence-electron chi connectivity index (χ0n) is 8.79. The van der Waals surface area contributed by atoms with Crippen molar-refractivity contribution in [3.05, 3.63) is 12.2 Å². The fourth-order valence-corrected chi connectivity index (χ4v) is 4.43. The van der Waals surface area contributed by atoms with E-state index in [1.165, 1.54) is 0 Å². The van der Waals surface area contributed by atoms with E-state index in [0.29, 0.717) is 5.57 Å². The highest BCUT2D eigenvalue weighted by Gasteiger charge is 2.39. The highest BCUT2D eigenvalue weighted by molar-refractivity contribution is 7.68. The molecule has 0 aromatic carbocycles. The van der Waals surface area contributed by atoms with E-state index >= 15 is 0 Å². The smallest absolute Gasteiger partial charge is 0.324 e. The molecule has 0 saturated heterocycles. The molecule has 0 aliphatic carbocycles. The van der Waals surface area contributed by atoms with Gasteiger partial charge in [0.1, 0.15) is 0 Å².